The maximum absolute atomic E-state index is 6.36. The molecule has 0 aromatic heterocycles. The molecule has 0 atom stereocenters. The fourth-order valence-electron chi connectivity index (χ4n) is 2.85. The second kappa shape index (κ2) is 5.79. The van der Waals surface area contributed by atoms with Gasteiger partial charge >= 0.3 is 0 Å². The molecule has 0 heterocycles. The summed E-state index contributed by atoms with van der Waals surface area (Å²) in [7, 11) is 0. The Morgan fingerprint density at radius 1 is 0.737 bits per heavy atom. The summed E-state index contributed by atoms with van der Waals surface area (Å²) in [6, 6.07) is 16.9. The van der Waals surface area contributed by atoms with Crippen molar-refractivity contribution in [1.82, 2.24) is 0 Å². The summed E-state index contributed by atoms with van der Waals surface area (Å²) < 4.78 is 0. The lowest BCUT2D eigenvalue weighted by Crippen LogP contribution is -2.05. The molecule has 1 heteroatoms. The summed E-state index contributed by atoms with van der Waals surface area (Å²) in [4.78, 5) is 0. The highest BCUT2D eigenvalue weighted by Gasteiger charge is 2.17. The summed E-state index contributed by atoms with van der Waals surface area (Å²) in [6.07, 6.45) is 6.53. The summed E-state index contributed by atoms with van der Waals surface area (Å²) in [5.41, 5.74) is 3.73. The van der Waals surface area contributed by atoms with Crippen LogP contribution >= 0.6 is 11.6 Å². The van der Waals surface area contributed by atoms with Crippen LogP contribution in [-0.4, -0.2) is 0 Å². The van der Waals surface area contributed by atoms with Crippen molar-refractivity contribution in [2.24, 2.45) is 0 Å². The zero-order valence-electron chi connectivity index (χ0n) is 11.0. The minimum Gasteiger partial charge on any atom is -0.0837 e. The van der Waals surface area contributed by atoms with E-state index in [-0.39, 0.29) is 0 Å². The monoisotopic (exact) mass is 269 g/mol. The Bertz CT molecular complexity index is 539. The average Bonchev–Trinajstić information content (AvgIpc) is 2.49. The molecule has 97 valence electrons. The van der Waals surface area contributed by atoms with Crippen LogP contribution in [0.5, 0.6) is 0 Å². The van der Waals surface area contributed by atoms with Gasteiger partial charge in [0.1, 0.15) is 0 Å². The maximum Gasteiger partial charge on any atom is 0.0484 e. The van der Waals surface area contributed by atoms with Crippen molar-refractivity contribution in [2.75, 3.05) is 0 Å². The summed E-state index contributed by atoms with van der Waals surface area (Å²) >= 11 is 6.36. The van der Waals surface area contributed by atoms with Crippen LogP contribution in [-0.2, 0) is 0 Å². The molecule has 1 fully saturated rings. The third-order valence-corrected chi connectivity index (χ3v) is 4.25. The Morgan fingerprint density at radius 3 is 2.21 bits per heavy atom. The Morgan fingerprint density at radius 2 is 1.47 bits per heavy atom. The second-order valence-corrected chi connectivity index (χ2v) is 5.63. The van der Waals surface area contributed by atoms with Crippen molar-refractivity contribution >= 4 is 11.6 Å². The molecule has 0 nitrogen and oxygen atoms in total. The van der Waals surface area contributed by atoms with E-state index in [9.17, 15) is 0 Å². The highest BCUT2D eigenvalue weighted by Crippen LogP contribution is 2.36. The number of rotatable bonds is 2. The highest BCUT2D eigenvalue weighted by molar-refractivity contribution is 6.33. The largest absolute Gasteiger partial charge is 0.0837 e. The molecule has 1 saturated carbocycles. The van der Waals surface area contributed by atoms with E-state index in [0.29, 0.717) is 0 Å². The molecule has 1 radical (unpaired) electrons. The van der Waals surface area contributed by atoms with Crippen LogP contribution in [0.3, 0.4) is 0 Å². The van der Waals surface area contributed by atoms with Gasteiger partial charge in [0.15, 0.2) is 0 Å². The van der Waals surface area contributed by atoms with E-state index in [4.69, 9.17) is 11.6 Å². The predicted molar refractivity (Wildman–Crippen MR) is 82.3 cm³/mol. The fourth-order valence-corrected chi connectivity index (χ4v) is 3.08. The molecule has 0 saturated heterocycles. The van der Waals surface area contributed by atoms with Crippen molar-refractivity contribution in [1.29, 1.82) is 0 Å². The van der Waals surface area contributed by atoms with E-state index < -0.39 is 0 Å². The lowest BCUT2D eigenvalue weighted by molar-refractivity contribution is 0.551. The molecule has 0 amide bonds. The first kappa shape index (κ1) is 12.7. The predicted octanol–water partition coefficient (Wildman–Crippen LogP) is 5.89. The molecule has 0 N–H and O–H groups in total. The fraction of sp³-hybridized carbons (Fsp3) is 0.278. The molecule has 1 aliphatic rings. The lowest BCUT2D eigenvalue weighted by atomic mass is 9.83. The van der Waals surface area contributed by atoms with Crippen LogP contribution in [0.25, 0.3) is 11.1 Å². The van der Waals surface area contributed by atoms with Crippen LogP contribution in [0.1, 0.15) is 37.7 Å². The van der Waals surface area contributed by atoms with Gasteiger partial charge in [-0.15, -0.1) is 0 Å². The minimum absolute atomic E-state index is 0.839. The van der Waals surface area contributed by atoms with Gasteiger partial charge in [0.2, 0.25) is 0 Å². The Hall–Kier alpha value is -1.27. The lowest BCUT2D eigenvalue weighted by Gasteiger charge is -2.22. The molecule has 1 aliphatic carbocycles. The summed E-state index contributed by atoms with van der Waals surface area (Å²) in [6.45, 7) is 0. The summed E-state index contributed by atoms with van der Waals surface area (Å²) in [5, 5.41) is 0.839. The topological polar surface area (TPSA) is 0 Å². The number of hydrogen-bond acceptors (Lipinski definition) is 0. The minimum atomic E-state index is 0.839. The van der Waals surface area contributed by atoms with Crippen molar-refractivity contribution in [3.63, 3.8) is 0 Å². The average molecular weight is 270 g/mol. The van der Waals surface area contributed by atoms with Crippen LogP contribution in [0, 0.1) is 5.92 Å². The van der Waals surface area contributed by atoms with E-state index in [1.165, 1.54) is 43.2 Å². The van der Waals surface area contributed by atoms with Crippen molar-refractivity contribution < 1.29 is 0 Å². The van der Waals surface area contributed by atoms with E-state index in [1.54, 1.807) is 5.92 Å². The van der Waals surface area contributed by atoms with Crippen molar-refractivity contribution in [2.45, 2.75) is 32.1 Å². The molecule has 2 aromatic carbocycles. The molecular weight excluding hydrogens is 252 g/mol. The third-order valence-electron chi connectivity index (χ3n) is 3.92. The van der Waals surface area contributed by atoms with Gasteiger partial charge in [-0.05, 0) is 36.1 Å². The zero-order chi connectivity index (χ0) is 13.1. The molecule has 0 aliphatic heterocycles. The van der Waals surface area contributed by atoms with Gasteiger partial charge in [0.05, 0.1) is 0 Å². The van der Waals surface area contributed by atoms with Crippen LogP contribution in [0.4, 0.5) is 0 Å². The van der Waals surface area contributed by atoms with E-state index in [0.717, 1.165) is 10.6 Å². The Labute approximate surface area is 120 Å². The molecule has 19 heavy (non-hydrogen) atoms. The zero-order valence-corrected chi connectivity index (χ0v) is 11.8. The van der Waals surface area contributed by atoms with Gasteiger partial charge in [-0.25, -0.2) is 0 Å². The maximum atomic E-state index is 6.36. The Balaban J connectivity index is 1.96. The van der Waals surface area contributed by atoms with Crippen molar-refractivity contribution in [3.8, 4) is 11.1 Å². The van der Waals surface area contributed by atoms with Crippen LogP contribution in [0.15, 0.2) is 48.5 Å². The number of halogens is 1. The van der Waals surface area contributed by atoms with E-state index in [2.05, 4.69) is 36.4 Å². The smallest absolute Gasteiger partial charge is 0.0484 e. The van der Waals surface area contributed by atoms with Crippen LogP contribution < -0.4 is 0 Å². The van der Waals surface area contributed by atoms with Gasteiger partial charge < -0.3 is 0 Å². The first-order chi connectivity index (χ1) is 9.34. The Kier molecular flexibility index (Phi) is 3.89. The standard InChI is InChI=1S/C18H18Cl/c19-18-12-11-16(14-7-3-1-4-8-14)13-17(18)15-9-5-2-6-10-15/h2,5-6,9-13H,1,3-4,7-8H2. The molecule has 0 unspecified atom stereocenters. The van der Waals surface area contributed by atoms with Gasteiger partial charge in [-0.3, -0.25) is 0 Å². The van der Waals surface area contributed by atoms with Crippen molar-refractivity contribution in [3.05, 3.63) is 65.0 Å². The quantitative estimate of drug-likeness (QED) is 0.637. The number of benzene rings is 2. The third kappa shape index (κ3) is 2.84. The van der Waals surface area contributed by atoms with E-state index >= 15 is 0 Å². The molecule has 3 rings (SSSR count). The molecular formula is C18H18Cl. The highest BCUT2D eigenvalue weighted by atomic mass is 35.5. The van der Waals surface area contributed by atoms with Gasteiger partial charge in [0.25, 0.3) is 0 Å². The van der Waals surface area contributed by atoms with Gasteiger partial charge in [0, 0.05) is 16.5 Å². The van der Waals surface area contributed by atoms with Gasteiger partial charge in [-0.1, -0.05) is 67.3 Å². The molecule has 2 aromatic rings. The SMILES string of the molecule is Clc1ccc([C]2CCCCC2)cc1-c1ccccc1. The molecule has 0 bridgehead atoms. The van der Waals surface area contributed by atoms with Gasteiger partial charge in [-0.2, -0.15) is 0 Å². The normalized spacial score (nSPS) is 16.5. The second-order valence-electron chi connectivity index (χ2n) is 5.22. The molecule has 0 spiro atoms. The first-order valence-corrected chi connectivity index (χ1v) is 7.42. The number of hydrogen-bond donors (Lipinski definition) is 0. The first-order valence-electron chi connectivity index (χ1n) is 7.04. The van der Waals surface area contributed by atoms with Crippen LogP contribution in [0.2, 0.25) is 5.02 Å². The summed E-state index contributed by atoms with van der Waals surface area (Å²) in [5.74, 6) is 1.60. The van der Waals surface area contributed by atoms with E-state index in [1.807, 2.05) is 12.1 Å².